The third-order valence-corrected chi connectivity index (χ3v) is 2.58. The molecule has 0 aliphatic heterocycles. The summed E-state index contributed by atoms with van der Waals surface area (Å²) in [7, 11) is 3.53. The highest BCUT2D eigenvalue weighted by Crippen LogP contribution is 2.11. The van der Waals surface area contributed by atoms with Crippen LogP contribution in [0.1, 0.15) is 5.82 Å². The van der Waals surface area contributed by atoms with Crippen LogP contribution < -0.4 is 5.32 Å². The smallest absolute Gasteiger partial charge is 0.236 e. The molecule has 2 aromatic rings. The Morgan fingerprint density at radius 3 is 2.94 bits per heavy atom. The van der Waals surface area contributed by atoms with E-state index < -0.39 is 0 Å². The summed E-state index contributed by atoms with van der Waals surface area (Å²) >= 11 is 0. The summed E-state index contributed by atoms with van der Waals surface area (Å²) in [6.45, 7) is 0.839. The van der Waals surface area contributed by atoms with Crippen molar-refractivity contribution in [2.75, 3.05) is 20.6 Å². The van der Waals surface area contributed by atoms with E-state index in [2.05, 4.69) is 15.3 Å². The maximum absolute atomic E-state index is 11.6. The van der Waals surface area contributed by atoms with Gasteiger partial charge in [-0.05, 0) is 19.2 Å². The number of imidazole rings is 1. The van der Waals surface area contributed by atoms with Crippen LogP contribution in [0.4, 0.5) is 0 Å². The van der Waals surface area contributed by atoms with Crippen molar-refractivity contribution in [3.05, 3.63) is 30.1 Å². The second kappa shape index (κ2) is 4.97. The highest BCUT2D eigenvalue weighted by Gasteiger charge is 2.10. The maximum Gasteiger partial charge on any atom is 0.236 e. The summed E-state index contributed by atoms with van der Waals surface area (Å²) in [5, 5.41) is 2.84. The number of rotatable bonds is 4. The fourth-order valence-corrected chi connectivity index (χ4v) is 1.68. The Labute approximate surface area is 99.8 Å². The summed E-state index contributed by atoms with van der Waals surface area (Å²) < 4.78 is 0. The van der Waals surface area contributed by atoms with Crippen molar-refractivity contribution in [2.24, 2.45) is 0 Å². The number of benzene rings is 1. The molecule has 0 saturated carbocycles. The first-order valence-electron chi connectivity index (χ1n) is 5.53. The molecule has 1 heterocycles. The van der Waals surface area contributed by atoms with Gasteiger partial charge in [-0.3, -0.25) is 4.79 Å². The number of hydrogen-bond acceptors (Lipinski definition) is 3. The van der Waals surface area contributed by atoms with Crippen molar-refractivity contribution in [2.45, 2.75) is 6.54 Å². The van der Waals surface area contributed by atoms with Crippen LogP contribution in [-0.2, 0) is 11.3 Å². The van der Waals surface area contributed by atoms with Crippen LogP contribution in [0.2, 0.25) is 0 Å². The van der Waals surface area contributed by atoms with E-state index in [4.69, 9.17) is 0 Å². The van der Waals surface area contributed by atoms with E-state index in [1.807, 2.05) is 24.3 Å². The Morgan fingerprint density at radius 1 is 1.47 bits per heavy atom. The van der Waals surface area contributed by atoms with Gasteiger partial charge in [0.15, 0.2) is 0 Å². The molecule has 1 amide bonds. The SMILES string of the molecule is CNCC(=O)N(C)Cc1nc2ccccc2[nH]1. The van der Waals surface area contributed by atoms with Crippen molar-refractivity contribution in [3.8, 4) is 0 Å². The molecule has 5 heteroatoms. The monoisotopic (exact) mass is 232 g/mol. The molecule has 0 bridgehead atoms. The largest absolute Gasteiger partial charge is 0.340 e. The minimum Gasteiger partial charge on any atom is -0.340 e. The molecule has 0 aliphatic carbocycles. The lowest BCUT2D eigenvalue weighted by atomic mass is 10.3. The van der Waals surface area contributed by atoms with Gasteiger partial charge in [-0.2, -0.15) is 0 Å². The Hall–Kier alpha value is -1.88. The van der Waals surface area contributed by atoms with Gasteiger partial charge in [0.2, 0.25) is 5.91 Å². The van der Waals surface area contributed by atoms with E-state index in [9.17, 15) is 4.79 Å². The molecule has 0 unspecified atom stereocenters. The molecular formula is C12H16N4O. The Kier molecular flexibility index (Phi) is 3.39. The fourth-order valence-electron chi connectivity index (χ4n) is 1.68. The van der Waals surface area contributed by atoms with E-state index >= 15 is 0 Å². The Bertz CT molecular complexity index is 487. The fraction of sp³-hybridized carbons (Fsp3) is 0.333. The summed E-state index contributed by atoms with van der Waals surface area (Å²) in [5.74, 6) is 0.853. The zero-order valence-corrected chi connectivity index (χ0v) is 10.0. The summed E-state index contributed by atoms with van der Waals surface area (Å²) in [4.78, 5) is 20.9. The molecule has 0 saturated heterocycles. The number of amides is 1. The summed E-state index contributed by atoms with van der Waals surface area (Å²) in [5.41, 5.74) is 1.92. The van der Waals surface area contributed by atoms with Gasteiger partial charge in [-0.1, -0.05) is 12.1 Å². The van der Waals surface area contributed by atoms with Crippen molar-refractivity contribution in [3.63, 3.8) is 0 Å². The second-order valence-corrected chi connectivity index (χ2v) is 3.98. The standard InChI is InChI=1S/C12H16N4O/c1-13-7-12(17)16(2)8-11-14-9-5-3-4-6-10(9)15-11/h3-6,13H,7-8H2,1-2H3,(H,14,15). The average Bonchev–Trinajstić information content (AvgIpc) is 2.71. The minimum atomic E-state index is 0.0490. The number of aromatic amines is 1. The predicted octanol–water partition coefficient (Wildman–Crippen LogP) is 0.741. The van der Waals surface area contributed by atoms with E-state index in [1.165, 1.54) is 0 Å². The molecule has 0 fully saturated rings. The number of nitrogens with one attached hydrogen (secondary N) is 2. The van der Waals surface area contributed by atoms with Crippen molar-refractivity contribution in [1.82, 2.24) is 20.2 Å². The topological polar surface area (TPSA) is 61.0 Å². The summed E-state index contributed by atoms with van der Waals surface area (Å²) in [6, 6.07) is 7.83. The molecule has 17 heavy (non-hydrogen) atoms. The quantitative estimate of drug-likeness (QED) is 0.817. The van der Waals surface area contributed by atoms with Gasteiger partial charge < -0.3 is 15.2 Å². The van der Waals surface area contributed by atoms with Crippen molar-refractivity contribution >= 4 is 16.9 Å². The van der Waals surface area contributed by atoms with E-state index in [0.29, 0.717) is 13.1 Å². The first-order chi connectivity index (χ1) is 8.20. The zero-order chi connectivity index (χ0) is 12.3. The molecule has 5 nitrogen and oxygen atoms in total. The van der Waals surface area contributed by atoms with E-state index in [-0.39, 0.29) is 5.91 Å². The number of aromatic nitrogens is 2. The lowest BCUT2D eigenvalue weighted by Gasteiger charge is -2.15. The van der Waals surface area contributed by atoms with Crippen molar-refractivity contribution in [1.29, 1.82) is 0 Å². The van der Waals surface area contributed by atoms with Crippen molar-refractivity contribution < 1.29 is 4.79 Å². The molecule has 2 rings (SSSR count). The Morgan fingerprint density at radius 2 is 2.24 bits per heavy atom. The molecule has 0 aliphatic rings. The van der Waals surface area contributed by atoms with Crippen LogP contribution in [0.15, 0.2) is 24.3 Å². The number of fused-ring (bicyclic) bond motifs is 1. The van der Waals surface area contributed by atoms with Crippen LogP contribution in [0.5, 0.6) is 0 Å². The molecule has 1 aromatic heterocycles. The lowest BCUT2D eigenvalue weighted by Crippen LogP contribution is -2.33. The number of carbonyl (C=O) groups is 1. The normalized spacial score (nSPS) is 10.7. The van der Waals surface area contributed by atoms with Gasteiger partial charge in [-0.15, -0.1) is 0 Å². The van der Waals surface area contributed by atoms with Crippen LogP contribution in [0.25, 0.3) is 11.0 Å². The number of nitrogens with zero attached hydrogens (tertiary/aromatic N) is 2. The molecule has 0 atom stereocenters. The minimum absolute atomic E-state index is 0.0490. The third-order valence-electron chi connectivity index (χ3n) is 2.58. The van der Waals surface area contributed by atoms with Gasteiger partial charge in [0.05, 0.1) is 24.1 Å². The van der Waals surface area contributed by atoms with E-state index in [0.717, 1.165) is 16.9 Å². The zero-order valence-electron chi connectivity index (χ0n) is 10.0. The van der Waals surface area contributed by atoms with Gasteiger partial charge in [-0.25, -0.2) is 4.98 Å². The molecule has 2 N–H and O–H groups in total. The number of para-hydroxylation sites is 2. The Balaban J connectivity index is 2.10. The van der Waals surface area contributed by atoms with Crippen LogP contribution in [0.3, 0.4) is 0 Å². The van der Waals surface area contributed by atoms with Gasteiger partial charge >= 0.3 is 0 Å². The van der Waals surface area contributed by atoms with Gasteiger partial charge in [0.25, 0.3) is 0 Å². The second-order valence-electron chi connectivity index (χ2n) is 3.98. The molecular weight excluding hydrogens is 216 g/mol. The van der Waals surface area contributed by atoms with Crippen LogP contribution in [0, 0.1) is 0 Å². The van der Waals surface area contributed by atoms with Crippen LogP contribution >= 0.6 is 0 Å². The maximum atomic E-state index is 11.6. The highest BCUT2D eigenvalue weighted by molar-refractivity contribution is 5.78. The van der Waals surface area contributed by atoms with Gasteiger partial charge in [0, 0.05) is 7.05 Å². The number of hydrogen-bond donors (Lipinski definition) is 2. The van der Waals surface area contributed by atoms with Crippen LogP contribution in [-0.4, -0.2) is 41.4 Å². The molecule has 1 aromatic carbocycles. The highest BCUT2D eigenvalue weighted by atomic mass is 16.2. The first-order valence-corrected chi connectivity index (χ1v) is 5.53. The third kappa shape index (κ3) is 2.62. The molecule has 0 radical (unpaired) electrons. The average molecular weight is 232 g/mol. The van der Waals surface area contributed by atoms with E-state index in [1.54, 1.807) is 19.0 Å². The number of carbonyl (C=O) groups excluding carboxylic acids is 1. The predicted molar refractivity (Wildman–Crippen MR) is 66.5 cm³/mol. The number of H-pyrrole nitrogens is 1. The number of likely N-dealkylation sites (N-methyl/N-ethyl adjacent to an activating group) is 2. The van der Waals surface area contributed by atoms with Gasteiger partial charge in [0.1, 0.15) is 5.82 Å². The lowest BCUT2D eigenvalue weighted by molar-refractivity contribution is -0.129. The summed E-state index contributed by atoms with van der Waals surface area (Å²) in [6.07, 6.45) is 0. The molecule has 90 valence electrons. The molecule has 0 spiro atoms. The first kappa shape index (κ1) is 11.6.